The summed E-state index contributed by atoms with van der Waals surface area (Å²) >= 11 is 12.9. The molecule has 7 heteroatoms. The molecular weight excluding hydrogens is 309 g/mol. The van der Waals surface area contributed by atoms with Crippen molar-refractivity contribution >= 4 is 46.4 Å². The molecule has 4 nitrogen and oxygen atoms in total. The molecule has 1 aliphatic heterocycles. The third-order valence-electron chi connectivity index (χ3n) is 3.19. The monoisotopic (exact) mass is 321 g/mol. The van der Waals surface area contributed by atoms with Crippen LogP contribution >= 0.6 is 34.5 Å². The summed E-state index contributed by atoms with van der Waals surface area (Å²) in [6.45, 7) is 0.444. The number of carboxylic acid groups (broad SMARTS) is 1. The predicted octanol–water partition coefficient (Wildman–Crippen LogP) is 3.52. The number of carboxylic acids is 1. The Morgan fingerprint density at radius 3 is 2.63 bits per heavy atom. The van der Waals surface area contributed by atoms with E-state index in [1.165, 1.54) is 11.0 Å². The highest BCUT2D eigenvalue weighted by Crippen LogP contribution is 2.33. The lowest BCUT2D eigenvalue weighted by molar-refractivity contribution is -0.142. The summed E-state index contributed by atoms with van der Waals surface area (Å²) in [4.78, 5) is 25.1. The van der Waals surface area contributed by atoms with Crippen molar-refractivity contribution in [2.75, 3.05) is 6.54 Å². The van der Waals surface area contributed by atoms with Crippen LogP contribution in [0, 0.1) is 0 Å². The Morgan fingerprint density at radius 1 is 1.32 bits per heavy atom. The van der Waals surface area contributed by atoms with Crippen LogP contribution in [0.3, 0.4) is 0 Å². The molecule has 1 aliphatic rings. The first-order chi connectivity index (χ1) is 9.00. The van der Waals surface area contributed by atoms with Crippen molar-refractivity contribution in [3.63, 3.8) is 0 Å². The van der Waals surface area contributed by atoms with E-state index >= 15 is 0 Å². The van der Waals surface area contributed by atoms with Crippen LogP contribution in [-0.2, 0) is 4.79 Å². The third-order valence-corrected chi connectivity index (χ3v) is 4.67. The number of halogens is 2. The topological polar surface area (TPSA) is 57.6 Å². The van der Waals surface area contributed by atoms with E-state index in [9.17, 15) is 14.7 Å². The van der Waals surface area contributed by atoms with Gasteiger partial charge in [-0.05, 0) is 18.9 Å². The van der Waals surface area contributed by atoms with E-state index in [-0.39, 0.29) is 5.91 Å². The predicted molar refractivity (Wildman–Crippen MR) is 75.3 cm³/mol. The van der Waals surface area contributed by atoms with E-state index < -0.39 is 12.0 Å². The Bertz CT molecular complexity index is 503. The van der Waals surface area contributed by atoms with Gasteiger partial charge in [-0.2, -0.15) is 0 Å². The second-order valence-corrected chi connectivity index (χ2v) is 6.73. The van der Waals surface area contributed by atoms with E-state index in [1.54, 1.807) is 0 Å². The standard InChI is InChI=1S/C12H13Cl2NO3S/c13-9-6-7(10(14)19-9)11(16)15-5-3-1-2-4-8(15)12(17)18/h6,8H,1-5H2,(H,17,18). The number of likely N-dealkylation sites (tertiary alicyclic amines) is 1. The molecule has 0 aromatic carbocycles. The van der Waals surface area contributed by atoms with Gasteiger partial charge in [0.2, 0.25) is 0 Å². The molecule has 1 aromatic heterocycles. The zero-order chi connectivity index (χ0) is 14.0. The Morgan fingerprint density at radius 2 is 2.05 bits per heavy atom. The zero-order valence-electron chi connectivity index (χ0n) is 10.1. The van der Waals surface area contributed by atoms with Crippen molar-refractivity contribution < 1.29 is 14.7 Å². The van der Waals surface area contributed by atoms with Crippen molar-refractivity contribution in [3.8, 4) is 0 Å². The van der Waals surface area contributed by atoms with Crippen LogP contribution in [0.4, 0.5) is 0 Å². The summed E-state index contributed by atoms with van der Waals surface area (Å²) in [6, 6.07) is 0.727. The minimum absolute atomic E-state index is 0.296. The fraction of sp³-hybridized carbons (Fsp3) is 0.500. The second kappa shape index (κ2) is 6.11. The highest BCUT2D eigenvalue weighted by Gasteiger charge is 2.32. The van der Waals surface area contributed by atoms with E-state index in [2.05, 4.69) is 0 Å². The van der Waals surface area contributed by atoms with Gasteiger partial charge in [0.25, 0.3) is 5.91 Å². The molecule has 1 amide bonds. The van der Waals surface area contributed by atoms with Crippen molar-refractivity contribution in [1.82, 2.24) is 4.90 Å². The lowest BCUT2D eigenvalue weighted by atomic mass is 10.1. The SMILES string of the molecule is O=C(O)C1CCCCCN1C(=O)c1cc(Cl)sc1Cl. The summed E-state index contributed by atoms with van der Waals surface area (Å²) in [5, 5.41) is 9.25. The number of rotatable bonds is 2. The van der Waals surface area contributed by atoms with Gasteiger partial charge in [-0.1, -0.05) is 36.0 Å². The maximum Gasteiger partial charge on any atom is 0.326 e. The Kier molecular flexibility index (Phi) is 4.71. The highest BCUT2D eigenvalue weighted by molar-refractivity contribution is 7.20. The van der Waals surface area contributed by atoms with E-state index in [0.29, 0.717) is 27.2 Å². The van der Waals surface area contributed by atoms with Gasteiger partial charge in [-0.25, -0.2) is 4.79 Å². The molecule has 0 bridgehead atoms. The normalized spacial score (nSPS) is 20.1. The van der Waals surface area contributed by atoms with Crippen molar-refractivity contribution in [2.24, 2.45) is 0 Å². The number of carbonyl (C=O) groups excluding carboxylic acids is 1. The molecule has 19 heavy (non-hydrogen) atoms. The fourth-order valence-electron chi connectivity index (χ4n) is 2.25. The maximum absolute atomic E-state index is 12.4. The molecule has 1 N–H and O–H groups in total. The molecule has 1 fully saturated rings. The molecular formula is C12H13Cl2NO3S. The number of carbonyl (C=O) groups is 2. The lowest BCUT2D eigenvalue weighted by Gasteiger charge is -2.26. The number of hydrogen-bond acceptors (Lipinski definition) is 3. The molecule has 104 valence electrons. The first-order valence-corrected chi connectivity index (χ1v) is 7.56. The number of thiophene rings is 1. The van der Waals surface area contributed by atoms with Gasteiger partial charge in [-0.15, -0.1) is 11.3 Å². The molecule has 2 heterocycles. The third kappa shape index (κ3) is 3.22. The van der Waals surface area contributed by atoms with E-state index in [1.807, 2.05) is 0 Å². The van der Waals surface area contributed by atoms with Crippen LogP contribution in [-0.4, -0.2) is 34.5 Å². The minimum Gasteiger partial charge on any atom is -0.480 e. The van der Waals surface area contributed by atoms with Crippen molar-refractivity contribution in [3.05, 3.63) is 20.3 Å². The largest absolute Gasteiger partial charge is 0.480 e. The molecule has 0 radical (unpaired) electrons. The summed E-state index contributed by atoms with van der Waals surface area (Å²) in [7, 11) is 0. The quantitative estimate of drug-likeness (QED) is 0.906. The number of amides is 1. The molecule has 2 rings (SSSR count). The van der Waals surface area contributed by atoms with Crippen molar-refractivity contribution in [2.45, 2.75) is 31.7 Å². The van der Waals surface area contributed by atoms with Crippen LogP contribution in [0.5, 0.6) is 0 Å². The smallest absolute Gasteiger partial charge is 0.326 e. The lowest BCUT2D eigenvalue weighted by Crippen LogP contribution is -2.44. The molecule has 1 aromatic rings. The minimum atomic E-state index is -0.965. The Labute approximate surface area is 124 Å². The van der Waals surface area contributed by atoms with Crippen LogP contribution < -0.4 is 0 Å². The highest BCUT2D eigenvalue weighted by atomic mass is 35.5. The first-order valence-electron chi connectivity index (χ1n) is 5.99. The van der Waals surface area contributed by atoms with Gasteiger partial charge >= 0.3 is 5.97 Å². The van der Waals surface area contributed by atoms with Gasteiger partial charge in [0.1, 0.15) is 10.4 Å². The molecule has 0 spiro atoms. The first kappa shape index (κ1) is 14.6. The molecule has 1 atom stereocenters. The van der Waals surface area contributed by atoms with E-state index in [0.717, 1.165) is 30.6 Å². The van der Waals surface area contributed by atoms with Crippen LogP contribution in [0.25, 0.3) is 0 Å². The average molecular weight is 322 g/mol. The van der Waals surface area contributed by atoms with Gasteiger partial charge in [0.05, 0.1) is 9.90 Å². The molecule has 0 saturated carbocycles. The number of hydrogen-bond donors (Lipinski definition) is 1. The number of aliphatic carboxylic acids is 1. The van der Waals surface area contributed by atoms with Gasteiger partial charge in [0.15, 0.2) is 0 Å². The summed E-state index contributed by atoms with van der Waals surface area (Å²) in [5.41, 5.74) is 0.296. The zero-order valence-corrected chi connectivity index (χ0v) is 12.4. The second-order valence-electron chi connectivity index (χ2n) is 4.44. The fourth-order valence-corrected chi connectivity index (χ4v) is 3.70. The van der Waals surface area contributed by atoms with E-state index in [4.69, 9.17) is 23.2 Å². The van der Waals surface area contributed by atoms with Gasteiger partial charge < -0.3 is 10.0 Å². The van der Waals surface area contributed by atoms with Crippen LogP contribution in [0.15, 0.2) is 6.07 Å². The molecule has 0 aliphatic carbocycles. The Hall–Kier alpha value is -0.780. The molecule has 1 saturated heterocycles. The summed E-state index contributed by atoms with van der Waals surface area (Å²) in [6.07, 6.45) is 3.05. The van der Waals surface area contributed by atoms with Crippen LogP contribution in [0.2, 0.25) is 8.67 Å². The summed E-state index contributed by atoms with van der Waals surface area (Å²) in [5.74, 6) is -1.31. The van der Waals surface area contributed by atoms with Gasteiger partial charge in [0, 0.05) is 6.54 Å². The molecule has 1 unspecified atom stereocenters. The summed E-state index contributed by atoms with van der Waals surface area (Å²) < 4.78 is 0.735. The Balaban J connectivity index is 2.28. The number of nitrogens with zero attached hydrogens (tertiary/aromatic N) is 1. The van der Waals surface area contributed by atoms with Crippen molar-refractivity contribution in [1.29, 1.82) is 0 Å². The maximum atomic E-state index is 12.4. The average Bonchev–Trinajstić information content (AvgIpc) is 2.57. The van der Waals surface area contributed by atoms with Gasteiger partial charge in [-0.3, -0.25) is 4.79 Å². The van der Waals surface area contributed by atoms with Crippen LogP contribution in [0.1, 0.15) is 36.0 Å².